The van der Waals surface area contributed by atoms with E-state index in [0.717, 1.165) is 10.2 Å². The van der Waals surface area contributed by atoms with Crippen molar-refractivity contribution in [2.24, 2.45) is 0 Å². The van der Waals surface area contributed by atoms with Gasteiger partial charge in [0, 0.05) is 27.7 Å². The average Bonchev–Trinajstić information content (AvgIpc) is 2.65. The Balaban J connectivity index is 1.88. The van der Waals surface area contributed by atoms with Crippen molar-refractivity contribution in [3.8, 4) is 11.5 Å². The first-order valence-electron chi connectivity index (χ1n) is 8.05. The van der Waals surface area contributed by atoms with Gasteiger partial charge in [-0.1, -0.05) is 15.9 Å². The Morgan fingerprint density at radius 1 is 1.12 bits per heavy atom. The molecule has 0 aliphatic rings. The average molecular weight is 435 g/mol. The van der Waals surface area contributed by atoms with E-state index in [4.69, 9.17) is 9.47 Å². The van der Waals surface area contributed by atoms with Crippen LogP contribution in [0.3, 0.4) is 0 Å². The second-order valence-corrected chi connectivity index (χ2v) is 7.73. The molecule has 0 spiro atoms. The van der Waals surface area contributed by atoms with Gasteiger partial charge in [-0.25, -0.2) is 4.98 Å². The van der Waals surface area contributed by atoms with Gasteiger partial charge in [0.05, 0.1) is 25.1 Å². The van der Waals surface area contributed by atoms with Gasteiger partial charge in [0.15, 0.2) is 11.5 Å². The molecular formula is C19H19BrN2O3S. The molecule has 3 rings (SSSR count). The fraction of sp³-hybridized carbons (Fsp3) is 0.263. The molecule has 0 aliphatic carbocycles. The molecule has 0 atom stereocenters. The summed E-state index contributed by atoms with van der Waals surface area (Å²) in [6.07, 6.45) is 0. The molecule has 0 amide bonds. The van der Waals surface area contributed by atoms with E-state index in [1.54, 1.807) is 42.7 Å². The van der Waals surface area contributed by atoms with Crippen LogP contribution in [-0.2, 0) is 6.54 Å². The molecule has 136 valence electrons. The number of benzene rings is 2. The first kappa shape index (κ1) is 18.8. The van der Waals surface area contributed by atoms with Crippen molar-refractivity contribution in [3.63, 3.8) is 0 Å². The van der Waals surface area contributed by atoms with E-state index in [1.165, 1.54) is 4.90 Å². The maximum Gasteiger partial charge on any atom is 0.261 e. The summed E-state index contributed by atoms with van der Waals surface area (Å²) in [4.78, 5) is 18.7. The molecule has 1 heterocycles. The molecule has 5 nitrogen and oxygen atoms in total. The van der Waals surface area contributed by atoms with E-state index in [9.17, 15) is 4.79 Å². The van der Waals surface area contributed by atoms with E-state index in [1.807, 2.05) is 19.1 Å². The Hall–Kier alpha value is -1.99. The summed E-state index contributed by atoms with van der Waals surface area (Å²) in [6.45, 7) is 2.44. The molecule has 26 heavy (non-hydrogen) atoms. The molecule has 0 saturated carbocycles. The van der Waals surface area contributed by atoms with Crippen molar-refractivity contribution >= 4 is 38.6 Å². The highest BCUT2D eigenvalue weighted by Crippen LogP contribution is 2.30. The second kappa shape index (κ2) is 8.14. The maximum absolute atomic E-state index is 12.9. The summed E-state index contributed by atoms with van der Waals surface area (Å²) in [6, 6.07) is 11.6. The Labute approximate surface area is 164 Å². The third-order valence-corrected chi connectivity index (χ3v) is 5.57. The quantitative estimate of drug-likeness (QED) is 0.541. The van der Waals surface area contributed by atoms with Gasteiger partial charge in [0.2, 0.25) is 0 Å². The van der Waals surface area contributed by atoms with Crippen LogP contribution in [0.25, 0.3) is 10.9 Å². The van der Waals surface area contributed by atoms with Crippen molar-refractivity contribution in [1.82, 2.24) is 9.55 Å². The summed E-state index contributed by atoms with van der Waals surface area (Å²) in [5.41, 5.74) is 0.548. The van der Waals surface area contributed by atoms with E-state index in [0.29, 0.717) is 34.8 Å². The van der Waals surface area contributed by atoms with E-state index < -0.39 is 0 Å². The molecule has 0 saturated heterocycles. The molecule has 3 aromatic rings. The lowest BCUT2D eigenvalue weighted by atomic mass is 10.2. The smallest absolute Gasteiger partial charge is 0.261 e. The number of rotatable bonds is 6. The third kappa shape index (κ3) is 3.88. The van der Waals surface area contributed by atoms with Crippen molar-refractivity contribution in [2.45, 2.75) is 18.4 Å². The SMILES string of the molecule is COc1cc2nc(C)n(CCSc3ccc(Br)cc3)c(=O)c2cc1OC. The van der Waals surface area contributed by atoms with Crippen LogP contribution in [0, 0.1) is 6.92 Å². The highest BCUT2D eigenvalue weighted by atomic mass is 79.9. The fourth-order valence-corrected chi connectivity index (χ4v) is 3.81. The van der Waals surface area contributed by atoms with Crippen molar-refractivity contribution in [1.29, 1.82) is 0 Å². The molecule has 0 fully saturated rings. The van der Waals surface area contributed by atoms with Crippen molar-refractivity contribution in [3.05, 3.63) is 57.0 Å². The van der Waals surface area contributed by atoms with Crippen LogP contribution in [0.2, 0.25) is 0 Å². The molecule has 0 radical (unpaired) electrons. The fourth-order valence-electron chi connectivity index (χ4n) is 2.71. The number of fused-ring (bicyclic) bond motifs is 1. The zero-order valence-electron chi connectivity index (χ0n) is 14.8. The molecule has 0 bridgehead atoms. The highest BCUT2D eigenvalue weighted by Gasteiger charge is 2.13. The molecule has 2 aromatic carbocycles. The number of nitrogens with zero attached hydrogens (tertiary/aromatic N) is 2. The predicted octanol–water partition coefficient (Wildman–Crippen LogP) is 4.28. The minimum atomic E-state index is -0.0649. The van der Waals surface area contributed by atoms with Gasteiger partial charge in [0.25, 0.3) is 5.56 Å². The van der Waals surface area contributed by atoms with E-state index in [2.05, 4.69) is 33.0 Å². The monoisotopic (exact) mass is 434 g/mol. The van der Waals surface area contributed by atoms with Crippen LogP contribution in [-0.4, -0.2) is 29.5 Å². The number of halogens is 1. The summed E-state index contributed by atoms with van der Waals surface area (Å²) in [7, 11) is 3.12. The maximum atomic E-state index is 12.9. The molecule has 0 unspecified atom stereocenters. The Kier molecular flexibility index (Phi) is 5.88. The van der Waals surface area contributed by atoms with Crippen molar-refractivity contribution < 1.29 is 9.47 Å². The number of hydrogen-bond acceptors (Lipinski definition) is 5. The number of aryl methyl sites for hydroxylation is 1. The largest absolute Gasteiger partial charge is 0.493 e. The number of hydrogen-bond donors (Lipinski definition) is 0. The van der Waals surface area contributed by atoms with Gasteiger partial charge in [-0.3, -0.25) is 9.36 Å². The molecule has 7 heteroatoms. The first-order valence-corrected chi connectivity index (χ1v) is 9.83. The van der Waals surface area contributed by atoms with Crippen LogP contribution in [0.15, 0.2) is 50.6 Å². The van der Waals surface area contributed by atoms with Gasteiger partial charge >= 0.3 is 0 Å². The first-order chi connectivity index (χ1) is 12.5. The van der Waals surface area contributed by atoms with Crippen LogP contribution in [0.5, 0.6) is 11.5 Å². The Morgan fingerprint density at radius 3 is 2.42 bits per heavy atom. The minimum Gasteiger partial charge on any atom is -0.493 e. The predicted molar refractivity (Wildman–Crippen MR) is 109 cm³/mol. The van der Waals surface area contributed by atoms with Gasteiger partial charge < -0.3 is 9.47 Å². The van der Waals surface area contributed by atoms with Crippen LogP contribution < -0.4 is 15.0 Å². The van der Waals surface area contributed by atoms with Crippen molar-refractivity contribution in [2.75, 3.05) is 20.0 Å². The van der Waals surface area contributed by atoms with Gasteiger partial charge in [-0.2, -0.15) is 0 Å². The standard InChI is InChI=1S/C19H19BrN2O3S/c1-12-21-16-11-18(25-3)17(24-2)10-15(16)19(23)22(12)8-9-26-14-6-4-13(20)5-7-14/h4-7,10-11H,8-9H2,1-3H3. The lowest BCUT2D eigenvalue weighted by molar-refractivity contribution is 0.355. The zero-order valence-corrected chi connectivity index (χ0v) is 17.2. The third-order valence-electron chi connectivity index (χ3n) is 4.05. The summed E-state index contributed by atoms with van der Waals surface area (Å²) >= 11 is 5.14. The van der Waals surface area contributed by atoms with E-state index in [-0.39, 0.29) is 5.56 Å². The topological polar surface area (TPSA) is 53.4 Å². The molecular weight excluding hydrogens is 416 g/mol. The number of thioether (sulfide) groups is 1. The highest BCUT2D eigenvalue weighted by molar-refractivity contribution is 9.10. The van der Waals surface area contributed by atoms with Crippen LogP contribution >= 0.6 is 27.7 Å². The normalized spacial score (nSPS) is 10.9. The van der Waals surface area contributed by atoms with Crippen LogP contribution in [0.4, 0.5) is 0 Å². The molecule has 0 N–H and O–H groups in total. The number of methoxy groups -OCH3 is 2. The summed E-state index contributed by atoms with van der Waals surface area (Å²) in [5.74, 6) is 2.56. The van der Waals surface area contributed by atoms with Gasteiger partial charge in [0.1, 0.15) is 5.82 Å². The van der Waals surface area contributed by atoms with Crippen LogP contribution in [0.1, 0.15) is 5.82 Å². The summed E-state index contributed by atoms with van der Waals surface area (Å²) in [5, 5.41) is 0.530. The molecule has 1 aromatic heterocycles. The number of aromatic nitrogens is 2. The molecule has 0 aliphatic heterocycles. The Bertz CT molecular complexity index is 987. The van der Waals surface area contributed by atoms with Gasteiger partial charge in [-0.15, -0.1) is 11.8 Å². The lowest BCUT2D eigenvalue weighted by Gasteiger charge is -2.13. The van der Waals surface area contributed by atoms with E-state index >= 15 is 0 Å². The zero-order chi connectivity index (χ0) is 18.7. The lowest BCUT2D eigenvalue weighted by Crippen LogP contribution is -2.25. The van der Waals surface area contributed by atoms with Gasteiger partial charge in [-0.05, 0) is 37.3 Å². The second-order valence-electron chi connectivity index (χ2n) is 5.64. The number of ether oxygens (including phenoxy) is 2. The minimum absolute atomic E-state index is 0.0649. The Morgan fingerprint density at radius 2 is 1.77 bits per heavy atom. The summed E-state index contributed by atoms with van der Waals surface area (Å²) < 4.78 is 13.4.